The molecule has 3 rings (SSSR count). The molecule has 0 radical (unpaired) electrons. The number of aromatic amines is 1. The summed E-state index contributed by atoms with van der Waals surface area (Å²) in [5.41, 5.74) is 3.81. The second-order valence-electron chi connectivity index (χ2n) is 3.74. The summed E-state index contributed by atoms with van der Waals surface area (Å²) in [5.74, 6) is 0. The van der Waals surface area contributed by atoms with E-state index >= 15 is 0 Å². The van der Waals surface area contributed by atoms with Crippen molar-refractivity contribution in [3.63, 3.8) is 0 Å². The molecule has 0 unspecified atom stereocenters. The van der Waals surface area contributed by atoms with Crippen LogP contribution in [0.2, 0.25) is 0 Å². The van der Waals surface area contributed by atoms with Gasteiger partial charge in [-0.1, -0.05) is 24.3 Å². The second-order valence-corrected chi connectivity index (χ2v) is 3.74. The van der Waals surface area contributed by atoms with Gasteiger partial charge in [-0.25, -0.2) is 0 Å². The minimum atomic E-state index is 1.22. The molecule has 1 aromatic rings. The van der Waals surface area contributed by atoms with Crippen LogP contribution in [-0.4, -0.2) is 4.98 Å². The first kappa shape index (κ1) is 7.63. The van der Waals surface area contributed by atoms with Gasteiger partial charge in [0.25, 0.3) is 0 Å². The lowest BCUT2D eigenvalue weighted by Gasteiger charge is -2.00. The maximum Gasteiger partial charge on any atom is 0.0466 e. The van der Waals surface area contributed by atoms with Gasteiger partial charge in [0, 0.05) is 17.5 Å². The predicted octanol–water partition coefficient (Wildman–Crippen LogP) is 3.58. The van der Waals surface area contributed by atoms with Crippen LogP contribution >= 0.6 is 0 Å². The van der Waals surface area contributed by atoms with Crippen LogP contribution in [0.4, 0.5) is 0 Å². The summed E-state index contributed by atoms with van der Waals surface area (Å²) in [7, 11) is 0. The van der Waals surface area contributed by atoms with E-state index in [-0.39, 0.29) is 0 Å². The number of aryl methyl sites for hydroxylation is 1. The van der Waals surface area contributed by atoms with Gasteiger partial charge in [0.05, 0.1) is 0 Å². The van der Waals surface area contributed by atoms with E-state index in [1.54, 1.807) is 0 Å². The molecular weight excluding hydrogens is 170 g/mol. The van der Waals surface area contributed by atoms with Crippen LogP contribution in [0.5, 0.6) is 0 Å². The Kier molecular flexibility index (Phi) is 1.42. The van der Waals surface area contributed by atoms with Crippen molar-refractivity contribution in [3.05, 3.63) is 48.2 Å². The van der Waals surface area contributed by atoms with Crippen molar-refractivity contribution in [3.8, 4) is 11.3 Å². The largest absolute Gasteiger partial charge is 0.361 e. The lowest BCUT2D eigenvalue weighted by molar-refractivity contribution is 1.28. The summed E-state index contributed by atoms with van der Waals surface area (Å²) in [6.07, 6.45) is 2.04. The topological polar surface area (TPSA) is 15.8 Å². The van der Waals surface area contributed by atoms with Crippen molar-refractivity contribution in [2.45, 2.75) is 6.92 Å². The molecule has 1 heteroatoms. The van der Waals surface area contributed by atoms with E-state index in [2.05, 4.69) is 48.3 Å². The van der Waals surface area contributed by atoms with E-state index in [4.69, 9.17) is 0 Å². The zero-order chi connectivity index (χ0) is 9.54. The first-order valence-electron chi connectivity index (χ1n) is 4.81. The van der Waals surface area contributed by atoms with Crippen molar-refractivity contribution >= 4 is 10.8 Å². The van der Waals surface area contributed by atoms with Crippen molar-refractivity contribution in [1.29, 1.82) is 0 Å². The molecule has 0 spiro atoms. The number of pyridine rings is 1. The van der Waals surface area contributed by atoms with Gasteiger partial charge in [-0.3, -0.25) is 0 Å². The smallest absolute Gasteiger partial charge is 0.0466 e. The Morgan fingerprint density at radius 3 is 2.86 bits per heavy atom. The summed E-state index contributed by atoms with van der Waals surface area (Å²) >= 11 is 0. The lowest BCUT2D eigenvalue weighted by Crippen LogP contribution is -1.81. The Balaban J connectivity index is 2.52. The first-order chi connectivity index (χ1) is 6.84. The average Bonchev–Trinajstić information content (AvgIpc) is 2.56. The molecule has 0 atom stereocenters. The Hall–Kier alpha value is -1.76. The van der Waals surface area contributed by atoms with Gasteiger partial charge in [-0.15, -0.1) is 0 Å². The average molecular weight is 181 g/mol. The Morgan fingerprint density at radius 1 is 1.07 bits per heavy atom. The molecule has 0 aromatic heterocycles. The molecule has 14 heavy (non-hydrogen) atoms. The Labute approximate surface area is 82.7 Å². The number of rotatable bonds is 0. The third-order valence-corrected chi connectivity index (χ3v) is 2.67. The van der Waals surface area contributed by atoms with E-state index in [0.717, 1.165) is 0 Å². The molecule has 1 nitrogen and oxygen atoms in total. The molecule has 1 N–H and O–H groups in total. The third-order valence-electron chi connectivity index (χ3n) is 2.67. The number of nitrogens with one attached hydrogen (secondary N) is 1. The molecule has 2 aliphatic rings. The van der Waals surface area contributed by atoms with Gasteiger partial charge < -0.3 is 4.98 Å². The summed E-state index contributed by atoms with van der Waals surface area (Å²) in [6, 6.07) is 12.9. The van der Waals surface area contributed by atoms with Gasteiger partial charge in [0.15, 0.2) is 0 Å². The molecule has 0 amide bonds. The first-order valence-corrected chi connectivity index (χ1v) is 4.81. The standard InChI is InChI=1S/C13H11N/c1-9-6-12-11-5-3-2-4-10(11)7-13(12)14-8-9/h2-8,14H,1H3. The normalized spacial score (nSPS) is 11.2. The molecule has 1 aromatic carbocycles. The SMILES string of the molecule is Cc1c[nH]c2cc3ccccc3c-2c1. The summed E-state index contributed by atoms with van der Waals surface area (Å²) in [4.78, 5) is 3.31. The van der Waals surface area contributed by atoms with Crippen LogP contribution in [0.25, 0.3) is 22.0 Å². The molecule has 1 heterocycles. The number of aromatic nitrogens is 1. The molecule has 0 bridgehead atoms. The summed E-state index contributed by atoms with van der Waals surface area (Å²) < 4.78 is 0. The van der Waals surface area contributed by atoms with E-state index in [0.29, 0.717) is 0 Å². The number of hydrogen-bond acceptors (Lipinski definition) is 0. The van der Waals surface area contributed by atoms with Gasteiger partial charge in [-0.05, 0) is 35.4 Å². The number of benzene rings is 1. The maximum absolute atomic E-state index is 3.31. The fraction of sp³-hybridized carbons (Fsp3) is 0.0769. The molecule has 68 valence electrons. The van der Waals surface area contributed by atoms with E-state index in [1.807, 2.05) is 6.20 Å². The molecule has 1 aliphatic carbocycles. The predicted molar refractivity (Wildman–Crippen MR) is 59.7 cm³/mol. The molecular formula is C13H11N. The quantitative estimate of drug-likeness (QED) is 0.545. The van der Waals surface area contributed by atoms with Crippen LogP contribution in [0.3, 0.4) is 0 Å². The van der Waals surface area contributed by atoms with Crippen LogP contribution < -0.4 is 0 Å². The van der Waals surface area contributed by atoms with E-state index < -0.39 is 0 Å². The van der Waals surface area contributed by atoms with Crippen LogP contribution in [0, 0.1) is 6.92 Å². The lowest BCUT2D eigenvalue weighted by atomic mass is 10.1. The minimum Gasteiger partial charge on any atom is -0.361 e. The van der Waals surface area contributed by atoms with Crippen molar-refractivity contribution in [1.82, 2.24) is 4.98 Å². The van der Waals surface area contributed by atoms with Crippen LogP contribution in [0.1, 0.15) is 5.56 Å². The zero-order valence-corrected chi connectivity index (χ0v) is 8.04. The highest BCUT2D eigenvalue weighted by molar-refractivity contribution is 6.01. The van der Waals surface area contributed by atoms with Crippen LogP contribution in [-0.2, 0) is 0 Å². The van der Waals surface area contributed by atoms with Gasteiger partial charge in [0.2, 0.25) is 0 Å². The van der Waals surface area contributed by atoms with Gasteiger partial charge >= 0.3 is 0 Å². The maximum atomic E-state index is 3.31. The Morgan fingerprint density at radius 2 is 1.93 bits per heavy atom. The van der Waals surface area contributed by atoms with E-state index in [1.165, 1.54) is 27.6 Å². The monoisotopic (exact) mass is 181 g/mol. The summed E-state index contributed by atoms with van der Waals surface area (Å²) in [6.45, 7) is 2.11. The van der Waals surface area contributed by atoms with Crippen molar-refractivity contribution in [2.24, 2.45) is 0 Å². The third kappa shape index (κ3) is 0.956. The number of fused-ring (bicyclic) bond motifs is 3. The van der Waals surface area contributed by atoms with Gasteiger partial charge in [-0.2, -0.15) is 0 Å². The molecule has 0 saturated heterocycles. The van der Waals surface area contributed by atoms with E-state index in [9.17, 15) is 0 Å². The highest BCUT2D eigenvalue weighted by atomic mass is 14.7. The second kappa shape index (κ2) is 2.61. The fourth-order valence-electron chi connectivity index (χ4n) is 1.98. The molecule has 0 saturated carbocycles. The highest BCUT2D eigenvalue weighted by Gasteiger charge is 2.08. The molecule has 1 aliphatic heterocycles. The highest BCUT2D eigenvalue weighted by Crippen LogP contribution is 2.32. The number of hydrogen-bond donors (Lipinski definition) is 1. The van der Waals surface area contributed by atoms with Crippen molar-refractivity contribution < 1.29 is 0 Å². The minimum absolute atomic E-state index is 1.22. The van der Waals surface area contributed by atoms with Crippen molar-refractivity contribution in [2.75, 3.05) is 0 Å². The Bertz CT molecular complexity index is 563. The molecule has 0 fully saturated rings. The fourth-order valence-corrected chi connectivity index (χ4v) is 1.98. The number of H-pyrrole nitrogens is 1. The summed E-state index contributed by atoms with van der Waals surface area (Å²) in [5, 5.41) is 2.65. The zero-order valence-electron chi connectivity index (χ0n) is 8.04. The van der Waals surface area contributed by atoms with Crippen LogP contribution in [0.15, 0.2) is 42.6 Å². The van der Waals surface area contributed by atoms with Gasteiger partial charge in [0.1, 0.15) is 0 Å².